The maximum atomic E-state index is 10.7. The summed E-state index contributed by atoms with van der Waals surface area (Å²) in [7, 11) is 0. The number of rotatable bonds is 4. The van der Waals surface area contributed by atoms with E-state index in [9.17, 15) is 14.7 Å². The molecule has 0 aliphatic rings. The Morgan fingerprint density at radius 2 is 1.76 bits per heavy atom. The Morgan fingerprint density at radius 3 is 2.18 bits per heavy atom. The normalized spacial score (nSPS) is 14.1. The molecule has 4 N–H and O–H groups in total. The van der Waals surface area contributed by atoms with Gasteiger partial charge in [-0.3, -0.25) is 0 Å². The van der Waals surface area contributed by atoms with Crippen LogP contribution in [0.15, 0.2) is 18.2 Å². The van der Waals surface area contributed by atoms with Gasteiger partial charge in [-0.2, -0.15) is 0 Å². The largest absolute Gasteiger partial charge is 0.479 e. The first-order valence-corrected chi connectivity index (χ1v) is 4.77. The molecule has 0 amide bonds. The number of aryl methyl sites for hydroxylation is 1. The molecule has 6 nitrogen and oxygen atoms in total. The van der Waals surface area contributed by atoms with Gasteiger partial charge in [-0.15, -0.1) is 0 Å². The van der Waals surface area contributed by atoms with Gasteiger partial charge in [-0.1, -0.05) is 12.1 Å². The van der Waals surface area contributed by atoms with Crippen LogP contribution in [0.5, 0.6) is 0 Å². The summed E-state index contributed by atoms with van der Waals surface area (Å²) in [6.07, 6.45) is -3.53. The molecule has 0 aliphatic heterocycles. The van der Waals surface area contributed by atoms with E-state index in [4.69, 9.17) is 15.3 Å². The van der Waals surface area contributed by atoms with E-state index in [0.29, 0.717) is 5.56 Å². The van der Waals surface area contributed by atoms with Crippen molar-refractivity contribution in [2.24, 2.45) is 0 Å². The molecule has 0 spiro atoms. The van der Waals surface area contributed by atoms with Crippen molar-refractivity contribution in [1.29, 1.82) is 0 Å². The van der Waals surface area contributed by atoms with Crippen molar-refractivity contribution in [3.63, 3.8) is 0 Å². The second-order valence-electron chi connectivity index (χ2n) is 3.61. The van der Waals surface area contributed by atoms with E-state index in [1.807, 2.05) is 0 Å². The van der Waals surface area contributed by atoms with Gasteiger partial charge < -0.3 is 20.4 Å². The van der Waals surface area contributed by atoms with Gasteiger partial charge >= 0.3 is 11.9 Å². The van der Waals surface area contributed by atoms with Crippen LogP contribution in [0.25, 0.3) is 0 Å². The molecule has 0 aliphatic carbocycles. The van der Waals surface area contributed by atoms with Gasteiger partial charge in [-0.25, -0.2) is 9.59 Å². The summed E-state index contributed by atoms with van der Waals surface area (Å²) in [6.45, 7) is 1.52. The third-order valence-electron chi connectivity index (χ3n) is 2.37. The van der Waals surface area contributed by atoms with Crippen LogP contribution in [0.2, 0.25) is 0 Å². The van der Waals surface area contributed by atoms with E-state index in [1.54, 1.807) is 0 Å². The minimum absolute atomic E-state index is 0.0609. The quantitative estimate of drug-likeness (QED) is 0.596. The number of benzene rings is 1. The molecule has 0 bridgehead atoms. The highest BCUT2D eigenvalue weighted by atomic mass is 16.4. The maximum Gasteiger partial charge on any atom is 0.335 e. The van der Waals surface area contributed by atoms with Crippen LogP contribution >= 0.6 is 0 Å². The highest BCUT2D eigenvalue weighted by molar-refractivity contribution is 5.89. The van der Waals surface area contributed by atoms with Gasteiger partial charge in [0.25, 0.3) is 0 Å². The standard InChI is InChI=1S/C11H12O6/c1-5-4-6(2-3-7(5)10(14)15)8(12)9(13)11(16)17/h2-4,8-9,12-13H,1H3,(H,14,15)(H,16,17). The molecule has 0 radical (unpaired) electrons. The third-order valence-corrected chi connectivity index (χ3v) is 2.37. The average molecular weight is 240 g/mol. The van der Waals surface area contributed by atoms with Crippen molar-refractivity contribution >= 4 is 11.9 Å². The van der Waals surface area contributed by atoms with E-state index in [-0.39, 0.29) is 11.1 Å². The molecular weight excluding hydrogens is 228 g/mol. The number of carboxylic acids is 2. The van der Waals surface area contributed by atoms with Crippen molar-refractivity contribution in [2.45, 2.75) is 19.1 Å². The molecule has 92 valence electrons. The van der Waals surface area contributed by atoms with E-state index in [1.165, 1.54) is 25.1 Å². The lowest BCUT2D eigenvalue weighted by atomic mass is 9.99. The molecule has 2 unspecified atom stereocenters. The summed E-state index contributed by atoms with van der Waals surface area (Å²) < 4.78 is 0. The van der Waals surface area contributed by atoms with Crippen molar-refractivity contribution in [1.82, 2.24) is 0 Å². The van der Waals surface area contributed by atoms with Crippen LogP contribution in [0.1, 0.15) is 27.6 Å². The third kappa shape index (κ3) is 2.80. The lowest BCUT2D eigenvalue weighted by molar-refractivity contribution is -0.153. The molecular formula is C11H12O6. The Kier molecular flexibility index (Phi) is 3.82. The van der Waals surface area contributed by atoms with Crippen LogP contribution in [0, 0.1) is 6.92 Å². The number of carboxylic acid groups (broad SMARTS) is 2. The predicted octanol–water partition coefficient (Wildman–Crippen LogP) is 0.172. The van der Waals surface area contributed by atoms with Crippen LogP contribution in [0.4, 0.5) is 0 Å². The maximum absolute atomic E-state index is 10.7. The number of aliphatic carboxylic acids is 1. The second kappa shape index (κ2) is 4.94. The average Bonchev–Trinajstić information content (AvgIpc) is 2.26. The van der Waals surface area contributed by atoms with E-state index < -0.39 is 24.1 Å². The summed E-state index contributed by atoms with van der Waals surface area (Å²) in [6, 6.07) is 3.86. The summed E-state index contributed by atoms with van der Waals surface area (Å²) in [4.78, 5) is 21.2. The first-order chi connectivity index (χ1) is 7.84. The molecule has 1 rings (SSSR count). The van der Waals surface area contributed by atoms with Crippen molar-refractivity contribution in [3.05, 3.63) is 34.9 Å². The summed E-state index contributed by atoms with van der Waals surface area (Å²) in [5.74, 6) is -2.65. The zero-order valence-electron chi connectivity index (χ0n) is 8.99. The highest BCUT2D eigenvalue weighted by Gasteiger charge is 2.25. The van der Waals surface area contributed by atoms with Crippen LogP contribution in [-0.2, 0) is 4.79 Å². The molecule has 6 heteroatoms. The minimum Gasteiger partial charge on any atom is -0.479 e. The SMILES string of the molecule is Cc1cc(C(O)C(O)C(=O)O)ccc1C(=O)O. The molecule has 0 saturated heterocycles. The fraction of sp³-hybridized carbons (Fsp3) is 0.273. The number of hydrogen-bond acceptors (Lipinski definition) is 4. The first kappa shape index (κ1) is 13.1. The minimum atomic E-state index is -1.94. The predicted molar refractivity (Wildman–Crippen MR) is 56.7 cm³/mol. The Bertz CT molecular complexity index is 453. The molecule has 1 aromatic carbocycles. The first-order valence-electron chi connectivity index (χ1n) is 4.77. The van der Waals surface area contributed by atoms with Crippen LogP contribution in [-0.4, -0.2) is 38.5 Å². The van der Waals surface area contributed by atoms with Gasteiger partial charge in [0.15, 0.2) is 6.10 Å². The Labute approximate surface area is 96.8 Å². The van der Waals surface area contributed by atoms with Crippen LogP contribution < -0.4 is 0 Å². The summed E-state index contributed by atoms with van der Waals surface area (Å²) >= 11 is 0. The van der Waals surface area contributed by atoms with Crippen molar-refractivity contribution < 1.29 is 30.0 Å². The van der Waals surface area contributed by atoms with Crippen LogP contribution in [0.3, 0.4) is 0 Å². The van der Waals surface area contributed by atoms with Gasteiger partial charge in [0.2, 0.25) is 0 Å². The smallest absolute Gasteiger partial charge is 0.335 e. The van der Waals surface area contributed by atoms with E-state index >= 15 is 0 Å². The lowest BCUT2D eigenvalue weighted by Gasteiger charge is -2.15. The van der Waals surface area contributed by atoms with Gasteiger partial charge in [0.1, 0.15) is 6.10 Å². The summed E-state index contributed by atoms with van der Waals surface area (Å²) in [5, 5.41) is 36.0. The van der Waals surface area contributed by atoms with E-state index in [0.717, 1.165) is 0 Å². The monoisotopic (exact) mass is 240 g/mol. The molecule has 0 saturated carbocycles. The summed E-state index contributed by atoms with van der Waals surface area (Å²) in [5.41, 5.74) is 0.597. The number of aliphatic hydroxyl groups excluding tert-OH is 2. The van der Waals surface area contributed by atoms with Gasteiger partial charge in [0.05, 0.1) is 5.56 Å². The zero-order valence-corrected chi connectivity index (χ0v) is 8.99. The molecule has 2 atom stereocenters. The van der Waals surface area contributed by atoms with Crippen molar-refractivity contribution in [2.75, 3.05) is 0 Å². The lowest BCUT2D eigenvalue weighted by Crippen LogP contribution is -2.27. The van der Waals surface area contributed by atoms with E-state index in [2.05, 4.69) is 0 Å². The number of aromatic carboxylic acids is 1. The number of carbonyl (C=O) groups is 2. The molecule has 0 aromatic heterocycles. The number of hydrogen-bond donors (Lipinski definition) is 4. The fourth-order valence-corrected chi connectivity index (χ4v) is 1.43. The Hall–Kier alpha value is -1.92. The molecule has 1 aromatic rings. The number of aliphatic hydroxyl groups is 2. The van der Waals surface area contributed by atoms with Crippen molar-refractivity contribution in [3.8, 4) is 0 Å². The zero-order chi connectivity index (χ0) is 13.2. The topological polar surface area (TPSA) is 115 Å². The van der Waals surface area contributed by atoms with Gasteiger partial charge in [-0.05, 0) is 24.1 Å². The second-order valence-corrected chi connectivity index (χ2v) is 3.61. The molecule has 0 heterocycles. The Balaban J connectivity index is 3.05. The molecule has 17 heavy (non-hydrogen) atoms. The fourth-order valence-electron chi connectivity index (χ4n) is 1.43. The Morgan fingerprint density at radius 1 is 1.18 bits per heavy atom. The van der Waals surface area contributed by atoms with Gasteiger partial charge in [0, 0.05) is 0 Å². The molecule has 0 fully saturated rings. The highest BCUT2D eigenvalue weighted by Crippen LogP contribution is 2.20.